The second kappa shape index (κ2) is 11.2. The van der Waals surface area contributed by atoms with E-state index in [0.717, 1.165) is 63.4 Å². The topological polar surface area (TPSA) is 73.8 Å². The number of nitrogens with one attached hydrogen (secondary N) is 2. The SMILES string of the molecule is CN=C(NCC1CN2CCN1CC2)NCC(c1ccc(OC)c(OC)c1)N1CCOCC1. The summed E-state index contributed by atoms with van der Waals surface area (Å²) in [5.41, 5.74) is 1.19. The molecule has 2 unspecified atom stereocenters. The van der Waals surface area contributed by atoms with Crippen molar-refractivity contribution >= 4 is 5.96 Å². The van der Waals surface area contributed by atoms with Gasteiger partial charge in [0.15, 0.2) is 17.5 Å². The van der Waals surface area contributed by atoms with Gasteiger partial charge in [-0.1, -0.05) is 6.07 Å². The van der Waals surface area contributed by atoms with Crippen LogP contribution < -0.4 is 20.1 Å². The zero-order valence-corrected chi connectivity index (χ0v) is 19.7. The molecule has 4 saturated heterocycles. The molecule has 32 heavy (non-hydrogen) atoms. The normalized spacial score (nSPS) is 27.1. The molecule has 4 aliphatic rings. The number of ether oxygens (including phenoxy) is 3. The number of methoxy groups -OCH3 is 2. The van der Waals surface area contributed by atoms with Crippen LogP contribution in [0.2, 0.25) is 0 Å². The molecule has 178 valence electrons. The van der Waals surface area contributed by atoms with Crippen molar-refractivity contribution in [3.63, 3.8) is 0 Å². The highest BCUT2D eigenvalue weighted by Gasteiger charge is 2.31. The summed E-state index contributed by atoms with van der Waals surface area (Å²) in [6.45, 7) is 10.9. The quantitative estimate of drug-likeness (QED) is 0.435. The number of hydrogen-bond acceptors (Lipinski definition) is 7. The van der Waals surface area contributed by atoms with Gasteiger partial charge >= 0.3 is 0 Å². The number of benzene rings is 1. The fourth-order valence-electron chi connectivity index (χ4n) is 4.95. The Bertz CT molecular complexity index is 762. The maximum Gasteiger partial charge on any atom is 0.191 e. The Morgan fingerprint density at radius 2 is 1.81 bits per heavy atom. The van der Waals surface area contributed by atoms with E-state index in [-0.39, 0.29) is 6.04 Å². The lowest BCUT2D eigenvalue weighted by Gasteiger charge is -2.47. The van der Waals surface area contributed by atoms with Crippen LogP contribution in [0, 0.1) is 0 Å². The number of aliphatic imine (C=N–C) groups is 1. The summed E-state index contributed by atoms with van der Waals surface area (Å²) in [4.78, 5) is 12.1. The van der Waals surface area contributed by atoms with Crippen LogP contribution in [-0.2, 0) is 4.74 Å². The predicted octanol–water partition coefficient (Wildman–Crippen LogP) is 0.242. The number of fused-ring (bicyclic) bond motifs is 3. The summed E-state index contributed by atoms with van der Waals surface area (Å²) >= 11 is 0. The minimum Gasteiger partial charge on any atom is -0.493 e. The van der Waals surface area contributed by atoms with E-state index < -0.39 is 0 Å². The largest absolute Gasteiger partial charge is 0.493 e. The summed E-state index contributed by atoms with van der Waals surface area (Å²) in [6.07, 6.45) is 0. The second-order valence-corrected chi connectivity index (χ2v) is 8.60. The van der Waals surface area contributed by atoms with Gasteiger partial charge in [-0.05, 0) is 17.7 Å². The van der Waals surface area contributed by atoms with Gasteiger partial charge in [0.25, 0.3) is 0 Å². The van der Waals surface area contributed by atoms with Gasteiger partial charge in [-0.25, -0.2) is 0 Å². The number of morpholine rings is 1. The van der Waals surface area contributed by atoms with E-state index in [1.807, 2.05) is 13.1 Å². The first-order chi connectivity index (χ1) is 15.7. The molecule has 2 atom stereocenters. The van der Waals surface area contributed by atoms with E-state index in [2.05, 4.69) is 42.5 Å². The van der Waals surface area contributed by atoms with Crippen molar-refractivity contribution in [2.24, 2.45) is 4.99 Å². The lowest BCUT2D eigenvalue weighted by Crippen LogP contribution is -2.64. The van der Waals surface area contributed by atoms with Gasteiger partial charge in [-0.3, -0.25) is 19.7 Å². The third-order valence-corrected chi connectivity index (χ3v) is 6.86. The highest BCUT2D eigenvalue weighted by molar-refractivity contribution is 5.79. The Morgan fingerprint density at radius 1 is 1.06 bits per heavy atom. The minimum absolute atomic E-state index is 0.179. The molecule has 4 aliphatic heterocycles. The fourth-order valence-corrected chi connectivity index (χ4v) is 4.95. The van der Waals surface area contributed by atoms with Crippen molar-refractivity contribution < 1.29 is 14.2 Å². The molecule has 0 saturated carbocycles. The maximum absolute atomic E-state index is 5.59. The van der Waals surface area contributed by atoms with Gasteiger partial charge < -0.3 is 24.8 Å². The number of guanidine groups is 1. The van der Waals surface area contributed by atoms with Crippen LogP contribution in [0.5, 0.6) is 11.5 Å². The molecule has 0 radical (unpaired) electrons. The Hall–Kier alpha value is -2.07. The summed E-state index contributed by atoms with van der Waals surface area (Å²) in [7, 11) is 5.19. The standard InChI is InChI=1S/C23H38N6O3/c1-24-23(25-15-19-17-27-6-8-28(19)9-7-27)26-16-20(29-10-12-32-13-11-29)18-4-5-21(30-2)22(14-18)31-3/h4-5,14,19-20H,6-13,15-17H2,1-3H3,(H2,24,25,26). The van der Waals surface area contributed by atoms with Gasteiger partial charge in [-0.2, -0.15) is 0 Å². The van der Waals surface area contributed by atoms with E-state index in [1.165, 1.54) is 31.7 Å². The van der Waals surface area contributed by atoms with Crippen molar-refractivity contribution in [2.75, 3.05) is 93.4 Å². The highest BCUT2D eigenvalue weighted by Crippen LogP contribution is 2.32. The molecule has 1 aromatic rings. The molecule has 0 aromatic heterocycles. The van der Waals surface area contributed by atoms with Crippen LogP contribution in [-0.4, -0.2) is 120 Å². The third-order valence-electron chi connectivity index (χ3n) is 6.86. The first-order valence-electron chi connectivity index (χ1n) is 11.7. The molecule has 0 amide bonds. The van der Waals surface area contributed by atoms with Crippen LogP contribution in [0.15, 0.2) is 23.2 Å². The number of piperazine rings is 3. The Morgan fingerprint density at radius 3 is 2.44 bits per heavy atom. The molecule has 5 rings (SSSR count). The smallest absolute Gasteiger partial charge is 0.191 e. The van der Waals surface area contributed by atoms with Crippen molar-refractivity contribution in [3.8, 4) is 11.5 Å². The summed E-state index contributed by atoms with van der Waals surface area (Å²) < 4.78 is 16.6. The van der Waals surface area contributed by atoms with Crippen molar-refractivity contribution in [1.82, 2.24) is 25.3 Å². The summed E-state index contributed by atoms with van der Waals surface area (Å²) in [5, 5.41) is 7.12. The van der Waals surface area contributed by atoms with Gasteiger partial charge in [-0.15, -0.1) is 0 Å². The second-order valence-electron chi connectivity index (χ2n) is 8.60. The zero-order valence-electron chi connectivity index (χ0n) is 19.7. The van der Waals surface area contributed by atoms with Gasteiger partial charge in [0.1, 0.15) is 0 Å². The van der Waals surface area contributed by atoms with Crippen LogP contribution >= 0.6 is 0 Å². The van der Waals surface area contributed by atoms with Crippen molar-refractivity contribution in [1.29, 1.82) is 0 Å². The van der Waals surface area contributed by atoms with E-state index in [1.54, 1.807) is 14.2 Å². The van der Waals surface area contributed by atoms with Crippen molar-refractivity contribution in [2.45, 2.75) is 12.1 Å². The van der Waals surface area contributed by atoms with Crippen LogP contribution in [0.4, 0.5) is 0 Å². The molecule has 9 heteroatoms. The third kappa shape index (κ3) is 5.46. The number of nitrogens with zero attached hydrogens (tertiary/aromatic N) is 4. The van der Waals surface area contributed by atoms with E-state index >= 15 is 0 Å². The van der Waals surface area contributed by atoms with E-state index in [4.69, 9.17) is 14.2 Å². The summed E-state index contributed by atoms with van der Waals surface area (Å²) in [6, 6.07) is 6.92. The van der Waals surface area contributed by atoms with Crippen LogP contribution in [0.1, 0.15) is 11.6 Å². The molecule has 1 aromatic carbocycles. The molecule has 9 nitrogen and oxygen atoms in total. The lowest BCUT2D eigenvalue weighted by atomic mass is 10.0. The van der Waals surface area contributed by atoms with Crippen molar-refractivity contribution in [3.05, 3.63) is 23.8 Å². The fraction of sp³-hybridized carbons (Fsp3) is 0.696. The first kappa shape index (κ1) is 23.1. The summed E-state index contributed by atoms with van der Waals surface area (Å²) in [5.74, 6) is 2.35. The highest BCUT2D eigenvalue weighted by atomic mass is 16.5. The Labute approximate surface area is 191 Å². The molecule has 0 spiro atoms. The van der Waals surface area contributed by atoms with E-state index in [0.29, 0.717) is 6.04 Å². The lowest BCUT2D eigenvalue weighted by molar-refractivity contribution is 0.0149. The Kier molecular flexibility index (Phi) is 8.07. The molecule has 0 aliphatic carbocycles. The Balaban J connectivity index is 1.40. The predicted molar refractivity (Wildman–Crippen MR) is 126 cm³/mol. The number of rotatable bonds is 8. The monoisotopic (exact) mass is 446 g/mol. The average molecular weight is 447 g/mol. The average Bonchev–Trinajstić information content (AvgIpc) is 2.87. The molecular weight excluding hydrogens is 408 g/mol. The molecule has 2 N–H and O–H groups in total. The number of hydrogen-bond donors (Lipinski definition) is 2. The maximum atomic E-state index is 5.59. The zero-order chi connectivity index (χ0) is 22.3. The van der Waals surface area contributed by atoms with Crippen LogP contribution in [0.25, 0.3) is 0 Å². The minimum atomic E-state index is 0.179. The molecular formula is C23H38N6O3. The van der Waals surface area contributed by atoms with Crippen LogP contribution in [0.3, 0.4) is 0 Å². The van der Waals surface area contributed by atoms with Gasteiger partial charge in [0.05, 0.1) is 33.5 Å². The molecule has 4 fully saturated rings. The van der Waals surface area contributed by atoms with Gasteiger partial charge in [0.2, 0.25) is 0 Å². The van der Waals surface area contributed by atoms with Gasteiger partial charge in [0, 0.05) is 72.0 Å². The molecule has 4 heterocycles. The van der Waals surface area contributed by atoms with E-state index in [9.17, 15) is 0 Å². The first-order valence-corrected chi connectivity index (χ1v) is 11.7. The molecule has 2 bridgehead atoms.